The van der Waals surface area contributed by atoms with Crippen LogP contribution in [0, 0.1) is 13.8 Å². The number of anilines is 1. The monoisotopic (exact) mass is 378 g/mol. The van der Waals surface area contributed by atoms with Crippen molar-refractivity contribution in [2.75, 3.05) is 12.1 Å². The molecule has 5 nitrogen and oxygen atoms in total. The van der Waals surface area contributed by atoms with Gasteiger partial charge in [-0.15, -0.1) is 0 Å². The largest absolute Gasteiger partial charge is 0.454 e. The lowest BCUT2D eigenvalue weighted by molar-refractivity contribution is 0.102. The molecule has 0 saturated carbocycles. The Kier molecular flexibility index (Phi) is 4.73. The van der Waals surface area contributed by atoms with Crippen LogP contribution in [0.2, 0.25) is 0 Å². The molecule has 6 heteroatoms. The average molecular weight is 378 g/mol. The highest BCUT2D eigenvalue weighted by Gasteiger charge is 2.17. The molecule has 27 heavy (non-hydrogen) atoms. The molecular formula is C21H18N2O3S. The first-order chi connectivity index (χ1) is 13.1. The standard InChI is InChI=1S/C21H18N2O3S/c1-13-5-8-19(14(2)10-13)27-21-16(4-3-9-22-21)20(24)23-15-6-7-17-18(11-15)26-12-25-17/h3-11H,12H2,1-2H3,(H,23,24). The Morgan fingerprint density at radius 1 is 1.07 bits per heavy atom. The van der Waals surface area contributed by atoms with Crippen LogP contribution in [0.15, 0.2) is 64.6 Å². The van der Waals surface area contributed by atoms with Crippen molar-refractivity contribution in [1.29, 1.82) is 0 Å². The summed E-state index contributed by atoms with van der Waals surface area (Å²) < 4.78 is 10.7. The normalized spacial score (nSPS) is 12.1. The maximum absolute atomic E-state index is 12.8. The van der Waals surface area contributed by atoms with Gasteiger partial charge < -0.3 is 14.8 Å². The smallest absolute Gasteiger partial charge is 0.258 e. The van der Waals surface area contributed by atoms with E-state index in [9.17, 15) is 4.79 Å². The third kappa shape index (κ3) is 3.75. The Morgan fingerprint density at radius 2 is 1.93 bits per heavy atom. The van der Waals surface area contributed by atoms with Crippen LogP contribution in [0.4, 0.5) is 5.69 Å². The van der Waals surface area contributed by atoms with E-state index in [2.05, 4.69) is 42.3 Å². The predicted molar refractivity (Wildman–Crippen MR) is 105 cm³/mol. The number of nitrogens with zero attached hydrogens (tertiary/aromatic N) is 1. The van der Waals surface area contributed by atoms with Gasteiger partial charge in [0, 0.05) is 22.8 Å². The number of hydrogen-bond acceptors (Lipinski definition) is 5. The van der Waals surface area contributed by atoms with E-state index in [1.807, 2.05) is 0 Å². The Morgan fingerprint density at radius 3 is 2.78 bits per heavy atom. The molecule has 2 aromatic carbocycles. The zero-order chi connectivity index (χ0) is 18.8. The van der Waals surface area contributed by atoms with Crippen LogP contribution in [0.1, 0.15) is 21.5 Å². The van der Waals surface area contributed by atoms with Crippen molar-refractivity contribution in [2.45, 2.75) is 23.8 Å². The number of ether oxygens (including phenoxy) is 2. The quantitative estimate of drug-likeness (QED) is 0.704. The molecule has 0 fully saturated rings. The third-order valence-corrected chi connectivity index (χ3v) is 5.38. The fourth-order valence-corrected chi connectivity index (χ4v) is 3.78. The number of nitrogens with one attached hydrogen (secondary N) is 1. The second-order valence-corrected chi connectivity index (χ2v) is 7.28. The topological polar surface area (TPSA) is 60.5 Å². The van der Waals surface area contributed by atoms with Gasteiger partial charge in [0.1, 0.15) is 5.03 Å². The average Bonchev–Trinajstić information content (AvgIpc) is 3.12. The van der Waals surface area contributed by atoms with E-state index in [1.54, 1.807) is 36.5 Å². The highest BCUT2D eigenvalue weighted by molar-refractivity contribution is 7.99. The zero-order valence-corrected chi connectivity index (χ0v) is 15.8. The second-order valence-electron chi connectivity index (χ2n) is 6.25. The van der Waals surface area contributed by atoms with E-state index < -0.39 is 0 Å². The van der Waals surface area contributed by atoms with Gasteiger partial charge in [-0.05, 0) is 49.7 Å². The summed E-state index contributed by atoms with van der Waals surface area (Å²) in [6, 6.07) is 15.1. The van der Waals surface area contributed by atoms with Crippen LogP contribution in [-0.4, -0.2) is 17.7 Å². The number of carbonyl (C=O) groups is 1. The summed E-state index contributed by atoms with van der Waals surface area (Å²) in [6.07, 6.45) is 1.70. The van der Waals surface area contributed by atoms with Crippen molar-refractivity contribution in [2.24, 2.45) is 0 Å². The number of amides is 1. The van der Waals surface area contributed by atoms with Crippen LogP contribution in [0.3, 0.4) is 0 Å². The number of rotatable bonds is 4. The van der Waals surface area contributed by atoms with Crippen molar-refractivity contribution in [1.82, 2.24) is 4.98 Å². The van der Waals surface area contributed by atoms with E-state index in [4.69, 9.17) is 9.47 Å². The summed E-state index contributed by atoms with van der Waals surface area (Å²) in [4.78, 5) is 18.3. The number of carbonyl (C=O) groups excluding carboxylic acids is 1. The van der Waals surface area contributed by atoms with Crippen LogP contribution in [0.25, 0.3) is 0 Å². The van der Waals surface area contributed by atoms with Gasteiger partial charge in [0.15, 0.2) is 11.5 Å². The lowest BCUT2D eigenvalue weighted by Gasteiger charge is -2.11. The molecule has 0 aliphatic carbocycles. The second kappa shape index (κ2) is 7.32. The minimum atomic E-state index is -0.214. The maximum atomic E-state index is 12.8. The summed E-state index contributed by atoms with van der Waals surface area (Å²) >= 11 is 1.49. The van der Waals surface area contributed by atoms with E-state index in [0.717, 1.165) is 10.5 Å². The number of hydrogen-bond donors (Lipinski definition) is 1. The van der Waals surface area contributed by atoms with Gasteiger partial charge in [-0.3, -0.25) is 4.79 Å². The Hall–Kier alpha value is -2.99. The minimum Gasteiger partial charge on any atom is -0.454 e. The van der Waals surface area contributed by atoms with Crippen molar-refractivity contribution in [3.8, 4) is 11.5 Å². The molecule has 0 radical (unpaired) electrons. The third-order valence-electron chi connectivity index (χ3n) is 4.18. The van der Waals surface area contributed by atoms with Crippen LogP contribution >= 0.6 is 11.8 Å². The Bertz CT molecular complexity index is 1020. The fourth-order valence-electron chi connectivity index (χ4n) is 2.84. The Balaban J connectivity index is 1.57. The SMILES string of the molecule is Cc1ccc(Sc2ncccc2C(=O)Nc2ccc3c(c2)OCO3)c(C)c1. The summed E-state index contributed by atoms with van der Waals surface area (Å²) in [5, 5.41) is 3.58. The number of benzene rings is 2. The van der Waals surface area contributed by atoms with Gasteiger partial charge in [-0.1, -0.05) is 29.5 Å². The molecule has 2 heterocycles. The summed E-state index contributed by atoms with van der Waals surface area (Å²) in [6.45, 7) is 4.32. The maximum Gasteiger partial charge on any atom is 0.258 e. The number of pyridine rings is 1. The molecule has 136 valence electrons. The molecule has 1 aromatic heterocycles. The van der Waals surface area contributed by atoms with Gasteiger partial charge in [0.05, 0.1) is 5.56 Å². The summed E-state index contributed by atoms with van der Waals surface area (Å²) in [7, 11) is 0. The predicted octanol–water partition coefficient (Wildman–Crippen LogP) is 4.83. The van der Waals surface area contributed by atoms with Crippen LogP contribution in [0.5, 0.6) is 11.5 Å². The highest BCUT2D eigenvalue weighted by Crippen LogP contribution is 2.35. The molecule has 1 N–H and O–H groups in total. The Labute approximate surface area is 161 Å². The van der Waals surface area contributed by atoms with E-state index in [-0.39, 0.29) is 12.7 Å². The van der Waals surface area contributed by atoms with Gasteiger partial charge in [0.2, 0.25) is 6.79 Å². The lowest BCUT2D eigenvalue weighted by Crippen LogP contribution is -2.13. The number of fused-ring (bicyclic) bond motifs is 1. The molecular weight excluding hydrogens is 360 g/mol. The van der Waals surface area contributed by atoms with E-state index in [0.29, 0.717) is 27.8 Å². The number of aromatic nitrogens is 1. The van der Waals surface area contributed by atoms with Gasteiger partial charge >= 0.3 is 0 Å². The van der Waals surface area contributed by atoms with Crippen molar-refractivity contribution in [3.05, 3.63) is 71.4 Å². The van der Waals surface area contributed by atoms with Gasteiger partial charge in [-0.2, -0.15) is 0 Å². The van der Waals surface area contributed by atoms with E-state index in [1.165, 1.54) is 17.3 Å². The lowest BCUT2D eigenvalue weighted by atomic mass is 10.2. The highest BCUT2D eigenvalue weighted by atomic mass is 32.2. The molecule has 0 saturated heterocycles. The molecule has 0 atom stereocenters. The summed E-state index contributed by atoms with van der Waals surface area (Å²) in [5.74, 6) is 1.10. The molecule has 1 aliphatic heterocycles. The first kappa shape index (κ1) is 17.4. The van der Waals surface area contributed by atoms with Gasteiger partial charge in [-0.25, -0.2) is 4.98 Å². The molecule has 3 aromatic rings. The molecule has 0 spiro atoms. The summed E-state index contributed by atoms with van der Waals surface area (Å²) in [5.41, 5.74) is 3.54. The van der Waals surface area contributed by atoms with E-state index >= 15 is 0 Å². The fraction of sp³-hybridized carbons (Fsp3) is 0.143. The van der Waals surface area contributed by atoms with Crippen molar-refractivity contribution in [3.63, 3.8) is 0 Å². The molecule has 0 unspecified atom stereocenters. The molecule has 1 amide bonds. The molecule has 1 aliphatic rings. The van der Waals surface area contributed by atoms with Gasteiger partial charge in [0.25, 0.3) is 5.91 Å². The van der Waals surface area contributed by atoms with Crippen molar-refractivity contribution >= 4 is 23.4 Å². The number of aryl methyl sites for hydroxylation is 2. The molecule has 4 rings (SSSR count). The van der Waals surface area contributed by atoms with Crippen molar-refractivity contribution < 1.29 is 14.3 Å². The first-order valence-corrected chi connectivity index (χ1v) is 9.33. The first-order valence-electron chi connectivity index (χ1n) is 8.51. The van der Waals surface area contributed by atoms with Crippen LogP contribution < -0.4 is 14.8 Å². The van der Waals surface area contributed by atoms with Crippen LogP contribution in [-0.2, 0) is 0 Å². The molecule has 0 bridgehead atoms. The zero-order valence-electron chi connectivity index (χ0n) is 15.0. The minimum absolute atomic E-state index is 0.200.